The number of carbonyl (C=O) groups excluding carboxylic acids is 1. The molecule has 0 aromatic carbocycles. The summed E-state index contributed by atoms with van der Waals surface area (Å²) in [6.07, 6.45) is 7.67. The first-order valence-corrected chi connectivity index (χ1v) is 7.96. The highest BCUT2D eigenvalue weighted by Gasteiger charge is 2.36. The number of pyridine rings is 1. The van der Waals surface area contributed by atoms with Crippen molar-refractivity contribution in [1.82, 2.24) is 10.3 Å². The second kappa shape index (κ2) is 6.02. The smallest absolute Gasteiger partial charge is 0.248 e. The van der Waals surface area contributed by atoms with Crippen LogP contribution in [0.25, 0.3) is 0 Å². The molecule has 114 valence electrons. The molecule has 2 unspecified atom stereocenters. The van der Waals surface area contributed by atoms with Crippen molar-refractivity contribution in [3.05, 3.63) is 23.9 Å². The predicted octanol–water partition coefficient (Wildman–Crippen LogP) is 1.68. The Morgan fingerprint density at radius 3 is 2.76 bits per heavy atom. The molecule has 2 aliphatic rings. The van der Waals surface area contributed by atoms with Gasteiger partial charge in [0, 0.05) is 36.4 Å². The molecule has 3 N–H and O–H groups in total. The number of hydrogen-bond donors (Lipinski definition) is 2. The third kappa shape index (κ3) is 3.02. The van der Waals surface area contributed by atoms with Crippen molar-refractivity contribution in [2.24, 2.45) is 5.73 Å². The zero-order valence-electron chi connectivity index (χ0n) is 12.6. The van der Waals surface area contributed by atoms with E-state index < -0.39 is 0 Å². The highest BCUT2D eigenvalue weighted by Crippen LogP contribution is 2.31. The van der Waals surface area contributed by atoms with Crippen molar-refractivity contribution in [3.63, 3.8) is 0 Å². The molecule has 5 nitrogen and oxygen atoms in total. The number of nitrogens with one attached hydrogen (secondary N) is 1. The Morgan fingerprint density at radius 1 is 1.43 bits per heavy atom. The Kier molecular flexibility index (Phi) is 4.10. The molecule has 0 radical (unpaired) electrons. The third-order valence-corrected chi connectivity index (χ3v) is 4.68. The quantitative estimate of drug-likeness (QED) is 0.865. The first-order valence-electron chi connectivity index (χ1n) is 7.96. The Bertz CT molecular complexity index is 507. The number of rotatable bonds is 5. The Morgan fingerprint density at radius 2 is 2.14 bits per heavy atom. The van der Waals surface area contributed by atoms with Crippen LogP contribution < -0.4 is 16.0 Å². The van der Waals surface area contributed by atoms with Gasteiger partial charge in [-0.2, -0.15) is 0 Å². The van der Waals surface area contributed by atoms with Gasteiger partial charge in [-0.25, -0.2) is 4.98 Å². The minimum absolute atomic E-state index is 0.388. The Hall–Kier alpha value is -1.62. The SMILES string of the molecule is CCCN(c1cc(C(N)=O)ccn1)C1CC2CCC(C1)N2. The number of primary amides is 1. The van der Waals surface area contributed by atoms with Gasteiger partial charge < -0.3 is 16.0 Å². The summed E-state index contributed by atoms with van der Waals surface area (Å²) in [5.74, 6) is 0.500. The van der Waals surface area contributed by atoms with Crippen LogP contribution in [0.15, 0.2) is 18.3 Å². The highest BCUT2D eigenvalue weighted by molar-refractivity contribution is 5.93. The second-order valence-electron chi connectivity index (χ2n) is 6.22. The van der Waals surface area contributed by atoms with Crippen LogP contribution in [-0.4, -0.2) is 35.6 Å². The van der Waals surface area contributed by atoms with E-state index in [-0.39, 0.29) is 5.91 Å². The van der Waals surface area contributed by atoms with Crippen molar-refractivity contribution in [2.45, 2.75) is 57.2 Å². The minimum atomic E-state index is -0.388. The Labute approximate surface area is 125 Å². The molecule has 2 aliphatic heterocycles. The molecular formula is C16H24N4O. The lowest BCUT2D eigenvalue weighted by Gasteiger charge is -2.38. The first-order chi connectivity index (χ1) is 10.2. The average molecular weight is 288 g/mol. The van der Waals surface area contributed by atoms with Crippen molar-refractivity contribution in [2.75, 3.05) is 11.4 Å². The van der Waals surface area contributed by atoms with Gasteiger partial charge >= 0.3 is 0 Å². The molecule has 21 heavy (non-hydrogen) atoms. The topological polar surface area (TPSA) is 71.2 Å². The van der Waals surface area contributed by atoms with Crippen LogP contribution in [0, 0.1) is 0 Å². The molecule has 3 heterocycles. The van der Waals surface area contributed by atoms with E-state index >= 15 is 0 Å². The molecule has 0 aliphatic carbocycles. The van der Waals surface area contributed by atoms with Gasteiger partial charge in [-0.1, -0.05) is 6.92 Å². The van der Waals surface area contributed by atoms with Crippen molar-refractivity contribution in [3.8, 4) is 0 Å². The van der Waals surface area contributed by atoms with Crippen LogP contribution in [0.4, 0.5) is 5.82 Å². The normalized spacial score (nSPS) is 27.6. The summed E-state index contributed by atoms with van der Waals surface area (Å²) in [7, 11) is 0. The van der Waals surface area contributed by atoms with E-state index in [1.165, 1.54) is 25.7 Å². The van der Waals surface area contributed by atoms with E-state index in [0.29, 0.717) is 23.7 Å². The molecule has 1 aromatic rings. The lowest BCUT2D eigenvalue weighted by Crippen LogP contribution is -2.49. The summed E-state index contributed by atoms with van der Waals surface area (Å²) in [5.41, 5.74) is 5.93. The molecule has 3 rings (SSSR count). The number of piperidine rings is 1. The summed E-state index contributed by atoms with van der Waals surface area (Å²) >= 11 is 0. The van der Waals surface area contributed by atoms with Crippen molar-refractivity contribution >= 4 is 11.7 Å². The van der Waals surface area contributed by atoms with E-state index in [1.807, 2.05) is 6.07 Å². The molecule has 1 aromatic heterocycles. The molecule has 2 atom stereocenters. The molecule has 0 saturated carbocycles. The van der Waals surface area contributed by atoms with Crippen LogP contribution >= 0.6 is 0 Å². The van der Waals surface area contributed by atoms with Gasteiger partial charge in [0.15, 0.2) is 0 Å². The zero-order valence-corrected chi connectivity index (χ0v) is 12.6. The number of anilines is 1. The van der Waals surface area contributed by atoms with E-state index in [9.17, 15) is 4.79 Å². The number of nitrogens with zero attached hydrogens (tertiary/aromatic N) is 2. The standard InChI is InChI=1S/C16H24N4O/c1-2-7-20(14-9-12-3-4-13(10-14)19-12)15-8-11(16(17)21)5-6-18-15/h5-6,8,12-14,19H,2-4,7,9-10H2,1H3,(H2,17,21). The predicted molar refractivity (Wildman–Crippen MR) is 83.4 cm³/mol. The van der Waals surface area contributed by atoms with Gasteiger partial charge in [-0.05, 0) is 44.2 Å². The molecule has 1 amide bonds. The van der Waals surface area contributed by atoms with Crippen LogP contribution in [0.2, 0.25) is 0 Å². The molecular weight excluding hydrogens is 264 g/mol. The maximum Gasteiger partial charge on any atom is 0.248 e. The van der Waals surface area contributed by atoms with Gasteiger partial charge in [0.2, 0.25) is 5.91 Å². The summed E-state index contributed by atoms with van der Waals surface area (Å²) < 4.78 is 0. The van der Waals surface area contributed by atoms with E-state index in [1.54, 1.807) is 12.3 Å². The first kappa shape index (κ1) is 14.3. The zero-order chi connectivity index (χ0) is 14.8. The minimum Gasteiger partial charge on any atom is -0.366 e. The molecule has 0 spiro atoms. The van der Waals surface area contributed by atoms with Crippen molar-refractivity contribution < 1.29 is 4.79 Å². The maximum absolute atomic E-state index is 11.4. The maximum atomic E-state index is 11.4. The number of amides is 1. The number of aromatic nitrogens is 1. The van der Waals surface area contributed by atoms with E-state index in [2.05, 4.69) is 22.1 Å². The lowest BCUT2D eigenvalue weighted by molar-refractivity contribution is 0.1000. The van der Waals surface area contributed by atoms with Crippen LogP contribution in [0.3, 0.4) is 0 Å². The second-order valence-corrected chi connectivity index (χ2v) is 6.22. The average Bonchev–Trinajstić information content (AvgIpc) is 2.83. The number of hydrogen-bond acceptors (Lipinski definition) is 4. The summed E-state index contributed by atoms with van der Waals surface area (Å²) in [5, 5.41) is 3.68. The largest absolute Gasteiger partial charge is 0.366 e. The fourth-order valence-corrected chi connectivity index (χ4v) is 3.74. The number of nitrogens with two attached hydrogens (primary N) is 1. The summed E-state index contributed by atoms with van der Waals surface area (Å²) in [6.45, 7) is 3.15. The molecule has 2 saturated heterocycles. The summed E-state index contributed by atoms with van der Waals surface area (Å²) in [6, 6.07) is 5.32. The number of fused-ring (bicyclic) bond motifs is 2. The lowest BCUT2D eigenvalue weighted by atomic mass is 9.97. The van der Waals surface area contributed by atoms with Crippen LogP contribution in [0.1, 0.15) is 49.4 Å². The highest BCUT2D eigenvalue weighted by atomic mass is 16.1. The third-order valence-electron chi connectivity index (χ3n) is 4.68. The molecule has 2 fully saturated rings. The molecule has 2 bridgehead atoms. The van der Waals surface area contributed by atoms with Gasteiger partial charge in [-0.15, -0.1) is 0 Å². The Balaban J connectivity index is 1.83. The van der Waals surface area contributed by atoms with Crippen molar-refractivity contribution in [1.29, 1.82) is 0 Å². The van der Waals surface area contributed by atoms with E-state index in [0.717, 1.165) is 18.8 Å². The monoisotopic (exact) mass is 288 g/mol. The van der Waals surface area contributed by atoms with Gasteiger partial charge in [-0.3, -0.25) is 4.79 Å². The van der Waals surface area contributed by atoms with Crippen LogP contribution in [-0.2, 0) is 0 Å². The number of carbonyl (C=O) groups is 1. The van der Waals surface area contributed by atoms with Gasteiger partial charge in [0.25, 0.3) is 0 Å². The van der Waals surface area contributed by atoms with Gasteiger partial charge in [0.05, 0.1) is 0 Å². The fraction of sp³-hybridized carbons (Fsp3) is 0.625. The molecule has 5 heteroatoms. The van der Waals surface area contributed by atoms with Crippen LogP contribution in [0.5, 0.6) is 0 Å². The van der Waals surface area contributed by atoms with Gasteiger partial charge in [0.1, 0.15) is 5.82 Å². The fourth-order valence-electron chi connectivity index (χ4n) is 3.74. The summed E-state index contributed by atoms with van der Waals surface area (Å²) in [4.78, 5) is 18.2. The van der Waals surface area contributed by atoms with E-state index in [4.69, 9.17) is 5.73 Å².